The third-order valence-corrected chi connectivity index (χ3v) is 6.81. The summed E-state index contributed by atoms with van der Waals surface area (Å²) in [5, 5.41) is 1.09. The van der Waals surface area contributed by atoms with E-state index in [9.17, 15) is 38.4 Å². The van der Waals surface area contributed by atoms with Gasteiger partial charge in [0.15, 0.2) is 0 Å². The molecule has 0 unspecified atom stereocenters. The van der Waals surface area contributed by atoms with E-state index in [4.69, 9.17) is 21.5 Å². The number of nitrogens with zero attached hydrogens (tertiary/aromatic N) is 3. The Morgan fingerprint density at radius 3 is 1.21 bits per heavy atom. The van der Waals surface area contributed by atoms with Crippen LogP contribution in [0.3, 0.4) is 0 Å². The van der Waals surface area contributed by atoms with Crippen molar-refractivity contribution in [2.75, 3.05) is 0 Å². The first-order valence-corrected chi connectivity index (χ1v) is 13.8. The zero-order valence-electron chi connectivity index (χ0n) is 22.0. The predicted molar refractivity (Wildman–Crippen MR) is 157 cm³/mol. The number of rotatable bonds is 4. The summed E-state index contributed by atoms with van der Waals surface area (Å²) in [7, 11) is 0. The van der Waals surface area contributed by atoms with E-state index < -0.39 is 35.6 Å². The largest absolute Gasteiger partial charge is 0.363 e. The first-order chi connectivity index (χ1) is 19.9. The Morgan fingerprint density at radius 2 is 0.907 bits per heavy atom. The number of carbonyl (C=O) groups excluding carboxylic acids is 8. The summed E-state index contributed by atoms with van der Waals surface area (Å²) < 4.78 is 1.62. The lowest BCUT2D eigenvalue weighted by molar-refractivity contribution is -0.173. The second-order valence-electron chi connectivity index (χ2n) is 8.86. The van der Waals surface area contributed by atoms with Crippen molar-refractivity contribution in [3.05, 3.63) is 68.8 Å². The summed E-state index contributed by atoms with van der Waals surface area (Å²) in [5.41, 5.74) is 1.62. The van der Waals surface area contributed by atoms with Gasteiger partial charge in [0.25, 0.3) is 23.6 Å². The molecule has 3 fully saturated rings. The fourth-order valence-corrected chi connectivity index (χ4v) is 3.94. The van der Waals surface area contributed by atoms with E-state index in [-0.39, 0.29) is 57.8 Å². The molecule has 3 heterocycles. The zero-order chi connectivity index (χ0) is 31.0. The first kappa shape index (κ1) is 35.0. The maximum absolute atomic E-state index is 11.6. The van der Waals surface area contributed by atoms with Crippen LogP contribution in [-0.4, -0.2) is 61.9 Å². The van der Waals surface area contributed by atoms with Crippen molar-refractivity contribution in [3.8, 4) is 0 Å². The molecule has 3 saturated heterocycles. The third kappa shape index (κ3) is 9.68. The number of amides is 6. The van der Waals surface area contributed by atoms with Gasteiger partial charge in [-0.3, -0.25) is 28.8 Å². The van der Waals surface area contributed by atoms with Crippen LogP contribution in [0, 0.1) is 10.5 Å². The van der Waals surface area contributed by atoms with Crippen LogP contribution < -0.4 is 0 Å². The summed E-state index contributed by atoms with van der Waals surface area (Å²) in [6.45, 7) is 1.89. The smallest absolute Gasteiger partial charge is 0.325 e. The number of hydrogen-bond acceptors (Lipinski definition) is 10. The molecule has 43 heavy (non-hydrogen) atoms. The molecule has 0 spiro atoms. The molecule has 0 N–H and O–H groups in total. The molecule has 0 saturated carbocycles. The van der Waals surface area contributed by atoms with Crippen LogP contribution in [0.25, 0.3) is 0 Å². The summed E-state index contributed by atoms with van der Waals surface area (Å²) in [4.78, 5) is 98.4. The number of carbonyl (C=O) groups is 8. The van der Waals surface area contributed by atoms with E-state index >= 15 is 0 Å². The quantitative estimate of drug-likeness (QED) is 0.258. The molecule has 15 heteroatoms. The topological polar surface area (TPSA) is 165 Å². The Kier molecular flexibility index (Phi) is 12.9. The van der Waals surface area contributed by atoms with E-state index in [1.165, 1.54) is 0 Å². The Morgan fingerprint density at radius 1 is 0.605 bits per heavy atom. The number of aryl methyl sites for hydroxylation is 1. The second kappa shape index (κ2) is 15.9. The molecule has 2 aromatic rings. The first-order valence-electron chi connectivity index (χ1n) is 12.4. The number of hydroxylamine groups is 4. The molecule has 0 radical (unpaired) electrons. The minimum absolute atomic E-state index is 0. The number of hydrogen-bond donors (Lipinski definition) is 0. The molecule has 13 nitrogen and oxygen atoms in total. The molecule has 3 aliphatic rings. The van der Waals surface area contributed by atoms with E-state index in [0.717, 1.165) is 9.13 Å². The van der Waals surface area contributed by atoms with Crippen molar-refractivity contribution < 1.29 is 48.0 Å². The van der Waals surface area contributed by atoms with Crippen molar-refractivity contribution >= 4 is 81.7 Å². The van der Waals surface area contributed by atoms with E-state index in [1.54, 1.807) is 48.5 Å². The molecule has 5 rings (SSSR count). The lowest BCUT2D eigenvalue weighted by Gasteiger charge is -2.12. The van der Waals surface area contributed by atoms with E-state index in [0.29, 0.717) is 25.7 Å². The third-order valence-electron chi connectivity index (χ3n) is 5.72. The van der Waals surface area contributed by atoms with Crippen LogP contribution in [-0.2, 0) is 38.4 Å². The van der Waals surface area contributed by atoms with Crippen LogP contribution in [0.5, 0.6) is 0 Å². The zero-order valence-corrected chi connectivity index (χ0v) is 25.0. The van der Waals surface area contributed by atoms with Gasteiger partial charge >= 0.3 is 11.9 Å². The van der Waals surface area contributed by atoms with Crippen molar-refractivity contribution in [1.29, 1.82) is 0 Å². The van der Waals surface area contributed by atoms with Gasteiger partial charge in [-0.25, -0.2) is 9.59 Å². The molecule has 0 aromatic heterocycles. The van der Waals surface area contributed by atoms with Gasteiger partial charge in [0.05, 0.1) is 11.1 Å². The molecular formula is C28H27ClIN3O10. The Balaban J connectivity index is 0.000000237. The van der Waals surface area contributed by atoms with Crippen LogP contribution in [0.2, 0.25) is 0 Å². The maximum atomic E-state index is 11.6. The molecule has 0 atom stereocenters. The summed E-state index contributed by atoms with van der Waals surface area (Å²) >= 11 is 7.25. The summed E-state index contributed by atoms with van der Waals surface area (Å²) in [6, 6.07) is 13.3. The Labute approximate surface area is 265 Å². The van der Waals surface area contributed by atoms with Gasteiger partial charge in [-0.05, 0) is 65.9 Å². The average molecular weight is 732 g/mol. The maximum Gasteiger partial charge on any atom is 0.363 e. The van der Waals surface area contributed by atoms with Crippen LogP contribution in [0.1, 0.15) is 72.2 Å². The fraction of sp³-hybridized carbons (Fsp3) is 0.286. The van der Waals surface area contributed by atoms with E-state index in [1.807, 2.05) is 6.92 Å². The summed E-state index contributed by atoms with van der Waals surface area (Å²) in [5.74, 6) is -3.90. The van der Waals surface area contributed by atoms with Gasteiger partial charge in [-0.2, -0.15) is 4.42 Å². The molecule has 0 aliphatic carbocycles. The molecule has 228 valence electrons. The van der Waals surface area contributed by atoms with Crippen molar-refractivity contribution in [2.45, 2.75) is 52.9 Å². The van der Waals surface area contributed by atoms with Crippen molar-refractivity contribution in [1.82, 2.24) is 14.5 Å². The van der Waals surface area contributed by atoms with Crippen molar-refractivity contribution in [3.63, 3.8) is 0 Å². The van der Waals surface area contributed by atoms with Crippen LogP contribution in [0.4, 0.5) is 0 Å². The lowest BCUT2D eigenvalue weighted by atomic mass is 10.2. The average Bonchev–Trinajstić information content (AvgIpc) is 3.57. The standard InChI is InChI=1S/C12H11NO4.C11H8INO4.C4H4ClNO2.CH4/c1-8-2-4-9(5-3-8)12(16)17-13-10(14)6-7-11(13)15;12-8-3-1-7(2-4-8)11(16)17-13-9(14)5-6-10(13)15;5-6-3(7)1-2-4(6)8;/h2-5H,6-7H2,1H3;1-4H,5-6H2;1-2H2;1H4/i;12+4;;. The van der Waals surface area contributed by atoms with Gasteiger partial charge < -0.3 is 9.68 Å². The normalized spacial score (nSPS) is 15.8. The molecular weight excluding hydrogens is 705 g/mol. The van der Waals surface area contributed by atoms with Crippen LogP contribution >= 0.6 is 34.4 Å². The van der Waals surface area contributed by atoms with Gasteiger partial charge in [-0.15, -0.1) is 10.1 Å². The Bertz CT molecular complexity index is 1290. The summed E-state index contributed by atoms with van der Waals surface area (Å²) in [6.07, 6.45) is 0.919. The fourth-order valence-electron chi connectivity index (χ4n) is 3.41. The predicted octanol–water partition coefficient (Wildman–Crippen LogP) is 3.65. The van der Waals surface area contributed by atoms with Gasteiger partial charge in [-0.1, -0.05) is 25.1 Å². The minimum Gasteiger partial charge on any atom is -0.325 e. The number of benzene rings is 2. The van der Waals surface area contributed by atoms with E-state index in [2.05, 4.69) is 22.6 Å². The molecule has 0 bridgehead atoms. The molecule has 3 aliphatic heterocycles. The van der Waals surface area contributed by atoms with Gasteiger partial charge in [0, 0.05) is 53.9 Å². The Hall–Kier alpha value is -4.18. The monoisotopic (exact) mass is 731 g/mol. The van der Waals surface area contributed by atoms with Gasteiger partial charge in [0.2, 0.25) is 11.8 Å². The van der Waals surface area contributed by atoms with Gasteiger partial charge in [0.1, 0.15) is 0 Å². The number of halogens is 2. The van der Waals surface area contributed by atoms with Crippen LogP contribution in [0.15, 0.2) is 48.5 Å². The molecule has 6 amide bonds. The highest BCUT2D eigenvalue weighted by Crippen LogP contribution is 2.16. The molecule has 2 aromatic carbocycles. The van der Waals surface area contributed by atoms with Crippen molar-refractivity contribution in [2.24, 2.45) is 0 Å². The lowest BCUT2D eigenvalue weighted by Crippen LogP contribution is -2.32. The highest BCUT2D eigenvalue weighted by atomic mass is 131. The SMILES string of the molecule is C.Cc1ccc(C(=O)ON2C(=O)CCC2=O)cc1.O=C(ON1C(=O)CCC1=O)c1ccc([131I])cc1.O=C1CCC(=O)N1Cl. The second-order valence-corrected chi connectivity index (χ2v) is 10.4. The highest BCUT2D eigenvalue weighted by molar-refractivity contribution is 14.1. The minimum atomic E-state index is -0.704. The highest BCUT2D eigenvalue weighted by Gasteiger charge is 2.34. The number of imide groups is 3.